The van der Waals surface area contributed by atoms with Crippen LogP contribution in [-0.4, -0.2) is 37.0 Å². The Morgan fingerprint density at radius 3 is 1.18 bits per heavy atom. The molecule has 6 aromatic heterocycles. The topological polar surface area (TPSA) is 78.1 Å². The molecule has 0 amide bonds. The van der Waals surface area contributed by atoms with Crippen LogP contribution >= 0.6 is 0 Å². The second kappa shape index (κ2) is 12.8. The Morgan fingerprint density at radius 1 is 0.318 bits per heavy atom. The van der Waals surface area contributed by atoms with Crippen LogP contribution in [0, 0.1) is 11.3 Å². The van der Waals surface area contributed by atoms with E-state index >= 15 is 0 Å². The van der Waals surface area contributed by atoms with Crippen molar-refractivity contribution in [2.45, 2.75) is 0 Å². The molecule has 0 saturated carbocycles. The molecule has 9 nitrogen and oxygen atoms in total. The summed E-state index contributed by atoms with van der Waals surface area (Å²) in [6, 6.07) is 72.7. The highest BCUT2D eigenvalue weighted by Crippen LogP contribution is 2.44. The first-order valence-electron chi connectivity index (χ1n) is 22.1. The van der Waals surface area contributed by atoms with Gasteiger partial charge in [0.1, 0.15) is 11.6 Å². The van der Waals surface area contributed by atoms with Crippen LogP contribution in [0.1, 0.15) is 5.56 Å². The SMILES string of the molecule is N#Cc1c(-n2c3ccccc3c3ccc4c(c32)n2c3ccccc3nc2n4-c2ccccc2)cccc1-n1c2ccccc2c2ccc3c(c21)n1c2ccccc2nc1n3-c1ccccc1. The molecular weight excluding hydrogens is 811 g/mol. The number of imidazole rings is 4. The highest BCUT2D eigenvalue weighted by molar-refractivity contribution is 6.20. The third-order valence-electron chi connectivity index (χ3n) is 13.6. The van der Waals surface area contributed by atoms with Crippen LogP contribution in [0.2, 0.25) is 0 Å². The van der Waals surface area contributed by atoms with E-state index in [9.17, 15) is 5.26 Å². The van der Waals surface area contributed by atoms with Crippen LogP contribution in [0.15, 0.2) is 200 Å². The van der Waals surface area contributed by atoms with Crippen molar-refractivity contribution in [1.82, 2.24) is 37.0 Å². The number of hydrogen-bond acceptors (Lipinski definition) is 3. The average Bonchev–Trinajstić information content (AvgIpc) is 4.21. The van der Waals surface area contributed by atoms with E-state index in [-0.39, 0.29) is 0 Å². The number of para-hydroxylation sites is 8. The van der Waals surface area contributed by atoms with E-state index < -0.39 is 0 Å². The van der Waals surface area contributed by atoms with Gasteiger partial charge < -0.3 is 9.13 Å². The molecular formula is C57H33N9. The van der Waals surface area contributed by atoms with Crippen LogP contribution in [0.5, 0.6) is 0 Å². The lowest BCUT2D eigenvalue weighted by atomic mass is 10.1. The van der Waals surface area contributed by atoms with Crippen molar-refractivity contribution in [3.05, 3.63) is 206 Å². The van der Waals surface area contributed by atoms with Gasteiger partial charge >= 0.3 is 0 Å². The van der Waals surface area contributed by atoms with Gasteiger partial charge in [0.05, 0.1) is 77.6 Å². The first-order chi connectivity index (χ1) is 32.8. The molecule has 0 saturated heterocycles. The van der Waals surface area contributed by atoms with Crippen molar-refractivity contribution in [3.63, 3.8) is 0 Å². The van der Waals surface area contributed by atoms with Crippen molar-refractivity contribution in [1.29, 1.82) is 5.26 Å². The summed E-state index contributed by atoms with van der Waals surface area (Å²) in [4.78, 5) is 10.5. The molecule has 6 heterocycles. The molecule has 306 valence electrons. The predicted molar refractivity (Wildman–Crippen MR) is 266 cm³/mol. The van der Waals surface area contributed by atoms with Gasteiger partial charge in [0.25, 0.3) is 0 Å². The second-order valence-corrected chi connectivity index (χ2v) is 17.0. The summed E-state index contributed by atoms with van der Waals surface area (Å²) in [6.45, 7) is 0. The molecule has 0 bridgehead atoms. The number of aromatic nitrogens is 8. The first kappa shape index (κ1) is 35.1. The summed E-state index contributed by atoms with van der Waals surface area (Å²) in [5, 5.41) is 16.1. The smallest absolute Gasteiger partial charge is 0.220 e. The quantitative estimate of drug-likeness (QED) is 0.177. The third kappa shape index (κ3) is 4.41. The normalized spacial score (nSPS) is 12.2. The standard InChI is InChI=1S/C57H33N9/c58-34-41-46(63-44-24-11-7-20-37(44)39-30-32-50-54(52(39)63)65-48-26-13-9-22-42(48)59-56(65)61(50)35-16-3-1-4-17-35)28-15-29-47(41)64-45-25-12-8-21-38(45)40-31-33-51-55(53(40)64)66-49-27-14-10-23-43(49)60-57(66)62(51)36-18-5-2-6-19-36/h1-33H. The lowest BCUT2D eigenvalue weighted by Gasteiger charge is -2.16. The lowest BCUT2D eigenvalue weighted by molar-refractivity contribution is 1.11. The van der Waals surface area contributed by atoms with Crippen LogP contribution in [0.3, 0.4) is 0 Å². The van der Waals surface area contributed by atoms with Crippen molar-refractivity contribution in [2.24, 2.45) is 0 Å². The van der Waals surface area contributed by atoms with Crippen LogP contribution < -0.4 is 0 Å². The number of hydrogen-bond donors (Lipinski definition) is 0. The van der Waals surface area contributed by atoms with Gasteiger partial charge in [-0.15, -0.1) is 0 Å². The van der Waals surface area contributed by atoms with Gasteiger partial charge in [0.2, 0.25) is 11.6 Å². The summed E-state index contributed by atoms with van der Waals surface area (Å²) in [5.41, 5.74) is 16.1. The molecule has 66 heavy (non-hydrogen) atoms. The molecule has 0 unspecified atom stereocenters. The summed E-state index contributed by atoms with van der Waals surface area (Å²) < 4.78 is 13.7. The zero-order valence-corrected chi connectivity index (χ0v) is 35.1. The maximum absolute atomic E-state index is 11.8. The summed E-state index contributed by atoms with van der Waals surface area (Å²) in [7, 11) is 0. The van der Waals surface area contributed by atoms with E-state index in [1.807, 2.05) is 24.3 Å². The highest BCUT2D eigenvalue weighted by atomic mass is 15.2. The Bertz CT molecular complexity index is 4300. The molecule has 9 aromatic carbocycles. The minimum atomic E-state index is 0.556. The zero-order valence-electron chi connectivity index (χ0n) is 35.1. The van der Waals surface area contributed by atoms with Gasteiger partial charge in [0, 0.05) is 32.9 Å². The Balaban J connectivity index is 1.11. The lowest BCUT2D eigenvalue weighted by Crippen LogP contribution is -2.05. The summed E-state index contributed by atoms with van der Waals surface area (Å²) in [5.74, 6) is 1.65. The van der Waals surface area contributed by atoms with Gasteiger partial charge in [-0.2, -0.15) is 5.26 Å². The monoisotopic (exact) mass is 843 g/mol. The molecule has 0 aliphatic rings. The fraction of sp³-hybridized carbons (Fsp3) is 0. The van der Waals surface area contributed by atoms with E-state index in [4.69, 9.17) is 9.97 Å². The molecule has 0 spiro atoms. The third-order valence-corrected chi connectivity index (χ3v) is 13.6. The van der Waals surface area contributed by atoms with E-state index in [1.54, 1.807) is 0 Å². The predicted octanol–water partition coefficient (Wildman–Crippen LogP) is 13.2. The molecule has 9 heteroatoms. The van der Waals surface area contributed by atoms with Gasteiger partial charge in [-0.05, 0) is 97.1 Å². The Kier molecular flexibility index (Phi) is 6.84. The van der Waals surface area contributed by atoms with Gasteiger partial charge in [-0.25, -0.2) is 9.97 Å². The molecule has 0 aliphatic carbocycles. The van der Waals surface area contributed by atoms with Crippen molar-refractivity contribution < 1.29 is 0 Å². The maximum atomic E-state index is 11.8. The Labute approximate surface area is 374 Å². The second-order valence-electron chi connectivity index (χ2n) is 17.0. The summed E-state index contributed by atoms with van der Waals surface area (Å²) in [6.07, 6.45) is 0. The fourth-order valence-corrected chi connectivity index (χ4v) is 11.0. The highest BCUT2D eigenvalue weighted by Gasteiger charge is 2.28. The van der Waals surface area contributed by atoms with Crippen molar-refractivity contribution in [3.8, 4) is 28.8 Å². The number of nitriles is 1. The molecule has 15 aromatic rings. The van der Waals surface area contributed by atoms with Crippen molar-refractivity contribution in [2.75, 3.05) is 0 Å². The minimum absolute atomic E-state index is 0.556. The van der Waals surface area contributed by atoms with Crippen LogP contribution in [-0.2, 0) is 0 Å². The van der Waals surface area contributed by atoms with E-state index in [0.29, 0.717) is 5.56 Å². The Morgan fingerprint density at radius 2 is 0.727 bits per heavy atom. The minimum Gasteiger partial charge on any atom is -0.306 e. The maximum Gasteiger partial charge on any atom is 0.220 e. The number of benzene rings is 9. The fourth-order valence-electron chi connectivity index (χ4n) is 11.0. The number of nitrogens with zero attached hydrogens (tertiary/aromatic N) is 9. The van der Waals surface area contributed by atoms with Crippen LogP contribution in [0.25, 0.3) is 122 Å². The number of fused-ring (bicyclic) bond motifs is 18. The van der Waals surface area contributed by atoms with Gasteiger partial charge in [-0.1, -0.05) is 103 Å². The molecule has 0 radical (unpaired) electrons. The average molecular weight is 844 g/mol. The van der Waals surface area contributed by atoms with Crippen molar-refractivity contribution >= 4 is 99.3 Å². The van der Waals surface area contributed by atoms with E-state index in [2.05, 4.69) is 209 Å². The Hall–Kier alpha value is -9.39. The van der Waals surface area contributed by atoms with Gasteiger partial charge in [-0.3, -0.25) is 17.9 Å². The molecule has 0 fully saturated rings. The zero-order chi connectivity index (χ0) is 43.2. The molecule has 0 atom stereocenters. The molecule has 15 rings (SSSR count). The van der Waals surface area contributed by atoms with E-state index in [0.717, 1.165) is 122 Å². The van der Waals surface area contributed by atoms with E-state index in [1.165, 1.54) is 0 Å². The molecule has 0 N–H and O–H groups in total. The first-order valence-corrected chi connectivity index (χ1v) is 22.1. The number of rotatable bonds is 4. The largest absolute Gasteiger partial charge is 0.306 e. The molecule has 0 aliphatic heterocycles. The van der Waals surface area contributed by atoms with Crippen LogP contribution in [0.4, 0.5) is 0 Å². The summed E-state index contributed by atoms with van der Waals surface area (Å²) >= 11 is 0. The van der Waals surface area contributed by atoms with Gasteiger partial charge in [0.15, 0.2) is 0 Å².